The van der Waals surface area contributed by atoms with E-state index in [4.69, 9.17) is 10.3 Å². The maximum atomic E-state index is 10.8. The zero-order chi connectivity index (χ0) is 7.84. The van der Waals surface area contributed by atoms with Crippen molar-refractivity contribution in [3.63, 3.8) is 0 Å². The summed E-state index contributed by atoms with van der Waals surface area (Å²) in [5.41, 5.74) is 8.01. The van der Waals surface area contributed by atoms with E-state index >= 15 is 0 Å². The number of fused-ring (bicyclic) bond motifs is 1. The Morgan fingerprint density at radius 2 is 2.64 bits per heavy atom. The van der Waals surface area contributed by atoms with Gasteiger partial charge in [-0.05, 0) is 12.0 Å². The molecule has 11 heavy (non-hydrogen) atoms. The molecule has 0 radical (unpaired) electrons. The molecule has 1 aliphatic heterocycles. The van der Waals surface area contributed by atoms with Crippen molar-refractivity contribution in [1.29, 1.82) is 0 Å². The molecule has 2 aliphatic rings. The molecule has 0 aromatic heterocycles. The monoisotopic (exact) mass is 153 g/mol. The quantitative estimate of drug-likeness (QED) is 0.255. The molecule has 0 aromatic rings. The first kappa shape index (κ1) is 6.49. The maximum Gasteiger partial charge on any atom is 0.309 e. The number of carbonyl (C=O) groups is 1. The van der Waals surface area contributed by atoms with Crippen LogP contribution >= 0.6 is 0 Å². The largest absolute Gasteiger partial charge is 0.462 e. The van der Waals surface area contributed by atoms with Gasteiger partial charge in [-0.1, -0.05) is 5.11 Å². The van der Waals surface area contributed by atoms with E-state index in [9.17, 15) is 4.79 Å². The van der Waals surface area contributed by atoms with Gasteiger partial charge in [0, 0.05) is 10.8 Å². The van der Waals surface area contributed by atoms with E-state index in [-0.39, 0.29) is 18.0 Å². The maximum absolute atomic E-state index is 10.8. The Labute approximate surface area is 63.0 Å². The summed E-state index contributed by atoms with van der Waals surface area (Å²) in [5, 5.41) is 3.37. The van der Waals surface area contributed by atoms with Crippen LogP contribution in [0.4, 0.5) is 0 Å². The van der Waals surface area contributed by atoms with E-state index < -0.39 is 0 Å². The van der Waals surface area contributed by atoms with Gasteiger partial charge < -0.3 is 4.74 Å². The molecule has 1 saturated carbocycles. The van der Waals surface area contributed by atoms with Crippen LogP contribution in [0, 0.1) is 11.8 Å². The molecule has 0 spiro atoms. The summed E-state index contributed by atoms with van der Waals surface area (Å²) < 4.78 is 4.92. The van der Waals surface area contributed by atoms with Crippen molar-refractivity contribution in [2.45, 2.75) is 12.5 Å². The number of ether oxygens (including phenoxy) is 1. The first-order valence-electron chi connectivity index (χ1n) is 3.54. The van der Waals surface area contributed by atoms with E-state index in [0.717, 1.165) is 6.42 Å². The summed E-state index contributed by atoms with van der Waals surface area (Å²) in [4.78, 5) is 13.4. The van der Waals surface area contributed by atoms with Crippen LogP contribution in [0.1, 0.15) is 6.42 Å². The van der Waals surface area contributed by atoms with Crippen LogP contribution in [0.25, 0.3) is 10.4 Å². The third-order valence-corrected chi connectivity index (χ3v) is 2.21. The minimum absolute atomic E-state index is 0.117. The van der Waals surface area contributed by atoms with Crippen LogP contribution in [-0.4, -0.2) is 18.6 Å². The lowest BCUT2D eigenvalue weighted by Crippen LogP contribution is -2.15. The molecular formula is C6H7N3O2. The van der Waals surface area contributed by atoms with Gasteiger partial charge in [-0.3, -0.25) is 4.79 Å². The van der Waals surface area contributed by atoms with Crippen molar-refractivity contribution in [2.75, 3.05) is 6.54 Å². The van der Waals surface area contributed by atoms with Crippen molar-refractivity contribution < 1.29 is 9.53 Å². The van der Waals surface area contributed by atoms with Crippen LogP contribution in [0.5, 0.6) is 0 Å². The van der Waals surface area contributed by atoms with Crippen LogP contribution < -0.4 is 0 Å². The first-order chi connectivity index (χ1) is 5.33. The molecule has 2 fully saturated rings. The number of carbonyl (C=O) groups excluding carboxylic acids is 1. The molecule has 5 heteroatoms. The SMILES string of the molecule is [N-]=[N+]=NC[C@@H]1OC(=O)[C@@H]2C[C@H]12. The standard InChI is InChI=1S/C6H7N3O2/c7-9-8-2-5-3-1-4(3)6(10)11-5/h3-5H,1-2H2/t3-,4+,5-/m0/s1. The Balaban J connectivity index is 1.97. The second-order valence-electron chi connectivity index (χ2n) is 2.89. The number of nitrogens with zero attached hydrogens (tertiary/aromatic N) is 3. The van der Waals surface area contributed by atoms with Gasteiger partial charge in [0.2, 0.25) is 0 Å². The van der Waals surface area contributed by atoms with Crippen LogP contribution in [0.3, 0.4) is 0 Å². The molecule has 3 atom stereocenters. The van der Waals surface area contributed by atoms with Crippen LogP contribution in [0.2, 0.25) is 0 Å². The van der Waals surface area contributed by atoms with Gasteiger partial charge in [0.25, 0.3) is 0 Å². The second kappa shape index (κ2) is 2.13. The fraction of sp³-hybridized carbons (Fsp3) is 0.833. The van der Waals surface area contributed by atoms with Crippen molar-refractivity contribution >= 4 is 5.97 Å². The zero-order valence-corrected chi connectivity index (χ0v) is 5.80. The topological polar surface area (TPSA) is 75.1 Å². The summed E-state index contributed by atoms with van der Waals surface area (Å²) in [6.45, 7) is 0.295. The lowest BCUT2D eigenvalue weighted by molar-refractivity contribution is -0.144. The van der Waals surface area contributed by atoms with E-state index in [1.807, 2.05) is 0 Å². The highest BCUT2D eigenvalue weighted by Crippen LogP contribution is 2.48. The molecule has 1 heterocycles. The molecule has 0 aromatic carbocycles. The third-order valence-electron chi connectivity index (χ3n) is 2.21. The molecule has 0 unspecified atom stereocenters. The average Bonchev–Trinajstić information content (AvgIpc) is 2.71. The molecular weight excluding hydrogens is 146 g/mol. The Kier molecular flexibility index (Phi) is 1.26. The minimum Gasteiger partial charge on any atom is -0.462 e. The molecule has 0 N–H and O–H groups in total. The number of hydrogen-bond acceptors (Lipinski definition) is 3. The smallest absolute Gasteiger partial charge is 0.309 e. The predicted molar refractivity (Wildman–Crippen MR) is 35.5 cm³/mol. The number of rotatable bonds is 2. The average molecular weight is 153 g/mol. The molecule has 0 bridgehead atoms. The van der Waals surface area contributed by atoms with Gasteiger partial charge in [0.1, 0.15) is 6.10 Å². The lowest BCUT2D eigenvalue weighted by atomic mass is 10.2. The molecule has 5 nitrogen and oxygen atoms in total. The van der Waals surface area contributed by atoms with Crippen LogP contribution in [0.15, 0.2) is 5.11 Å². The van der Waals surface area contributed by atoms with Gasteiger partial charge in [-0.15, -0.1) is 0 Å². The molecule has 1 aliphatic carbocycles. The number of azide groups is 1. The Hall–Kier alpha value is -1.22. The highest BCUT2D eigenvalue weighted by Gasteiger charge is 2.56. The summed E-state index contributed by atoms with van der Waals surface area (Å²) in [5.74, 6) is 0.343. The second-order valence-corrected chi connectivity index (χ2v) is 2.89. The minimum atomic E-state index is -0.136. The summed E-state index contributed by atoms with van der Waals surface area (Å²) in [6.07, 6.45) is 0.785. The van der Waals surface area contributed by atoms with E-state index in [1.165, 1.54) is 0 Å². The van der Waals surface area contributed by atoms with E-state index in [0.29, 0.717) is 12.5 Å². The summed E-state index contributed by atoms with van der Waals surface area (Å²) >= 11 is 0. The van der Waals surface area contributed by atoms with Gasteiger partial charge in [-0.2, -0.15) is 0 Å². The Bertz CT molecular complexity index is 246. The van der Waals surface area contributed by atoms with Gasteiger partial charge >= 0.3 is 5.97 Å². The van der Waals surface area contributed by atoms with Crippen molar-refractivity contribution in [3.8, 4) is 0 Å². The highest BCUT2D eigenvalue weighted by molar-refractivity contribution is 5.78. The molecule has 2 rings (SSSR count). The normalized spacial score (nSPS) is 38.9. The summed E-state index contributed by atoms with van der Waals surface area (Å²) in [6, 6.07) is 0. The molecule has 0 amide bonds. The fourth-order valence-electron chi connectivity index (χ4n) is 1.51. The first-order valence-corrected chi connectivity index (χ1v) is 3.54. The molecule has 58 valence electrons. The van der Waals surface area contributed by atoms with Crippen molar-refractivity contribution in [1.82, 2.24) is 0 Å². The number of hydrogen-bond donors (Lipinski definition) is 0. The van der Waals surface area contributed by atoms with Gasteiger partial charge in [-0.25, -0.2) is 0 Å². The highest BCUT2D eigenvalue weighted by atomic mass is 16.6. The molecule has 1 saturated heterocycles. The third kappa shape index (κ3) is 0.935. The summed E-state index contributed by atoms with van der Waals surface area (Å²) in [7, 11) is 0. The van der Waals surface area contributed by atoms with E-state index in [1.54, 1.807) is 0 Å². The van der Waals surface area contributed by atoms with E-state index in [2.05, 4.69) is 10.0 Å². The van der Waals surface area contributed by atoms with Gasteiger partial charge in [0.15, 0.2) is 0 Å². The zero-order valence-electron chi connectivity index (χ0n) is 5.80. The fourth-order valence-corrected chi connectivity index (χ4v) is 1.51. The number of esters is 1. The Morgan fingerprint density at radius 3 is 3.09 bits per heavy atom. The van der Waals surface area contributed by atoms with Gasteiger partial charge in [0.05, 0.1) is 12.5 Å². The van der Waals surface area contributed by atoms with Crippen molar-refractivity contribution in [2.24, 2.45) is 17.0 Å². The van der Waals surface area contributed by atoms with Crippen molar-refractivity contribution in [3.05, 3.63) is 10.4 Å². The van der Waals surface area contributed by atoms with Crippen LogP contribution in [-0.2, 0) is 9.53 Å². The number of cyclic esters (lactones) is 1. The Morgan fingerprint density at radius 1 is 1.82 bits per heavy atom. The lowest BCUT2D eigenvalue weighted by Gasteiger charge is -2.07. The predicted octanol–water partition coefficient (Wildman–Crippen LogP) is 0.858.